The second-order valence-corrected chi connectivity index (χ2v) is 7.20. The average molecular weight is 391 g/mol. The number of hydrogen-bond acceptors (Lipinski definition) is 4. The lowest BCUT2D eigenvalue weighted by atomic mass is 10.1. The minimum Gasteiger partial charge on any atom is -0.496 e. The molecule has 3 aromatic rings. The molecule has 0 aliphatic rings. The van der Waals surface area contributed by atoms with Crippen molar-refractivity contribution in [2.45, 2.75) is 11.3 Å². The van der Waals surface area contributed by atoms with Gasteiger partial charge in [0.05, 0.1) is 24.8 Å². The van der Waals surface area contributed by atoms with Crippen LogP contribution < -0.4 is 10.1 Å². The van der Waals surface area contributed by atoms with Crippen molar-refractivity contribution >= 4 is 29.1 Å². The fraction of sp³-hybridized carbons (Fsp3) is 0.130. The Morgan fingerprint density at radius 2 is 1.57 bits per heavy atom. The van der Waals surface area contributed by atoms with E-state index in [1.54, 1.807) is 19.2 Å². The van der Waals surface area contributed by atoms with Crippen LogP contribution in [-0.2, 0) is 11.2 Å². The molecule has 0 aromatic heterocycles. The van der Waals surface area contributed by atoms with E-state index in [1.807, 2.05) is 66.7 Å². The number of nitrogens with one attached hydrogen (secondary N) is 1. The van der Waals surface area contributed by atoms with E-state index in [9.17, 15) is 9.59 Å². The summed E-state index contributed by atoms with van der Waals surface area (Å²) < 4.78 is 5.24. The molecule has 4 nitrogen and oxygen atoms in total. The first-order valence-corrected chi connectivity index (χ1v) is 9.87. The number of benzene rings is 3. The van der Waals surface area contributed by atoms with E-state index in [4.69, 9.17) is 4.74 Å². The molecule has 1 amide bonds. The zero-order chi connectivity index (χ0) is 19.8. The normalized spacial score (nSPS) is 10.3. The number of Topliss-reactive ketones (excluding diaryl/α,β-unsaturated/α-hetero) is 1. The maximum Gasteiger partial charge on any atom is 0.228 e. The zero-order valence-corrected chi connectivity index (χ0v) is 16.4. The van der Waals surface area contributed by atoms with Gasteiger partial charge in [0.15, 0.2) is 5.78 Å². The summed E-state index contributed by atoms with van der Waals surface area (Å²) in [6.45, 7) is 0. The molecule has 0 bridgehead atoms. The number of thioether (sulfide) groups is 1. The van der Waals surface area contributed by atoms with Crippen LogP contribution in [0.15, 0.2) is 83.8 Å². The molecular formula is C23H21NO3S. The van der Waals surface area contributed by atoms with Gasteiger partial charge in [0.2, 0.25) is 5.91 Å². The number of amides is 1. The van der Waals surface area contributed by atoms with Crippen molar-refractivity contribution in [2.24, 2.45) is 0 Å². The standard InChI is InChI=1S/C23H21NO3S/c1-27-22-10-6-5-9-20(22)21(25)16-28-19-13-11-18(12-14-19)24-23(26)15-17-7-3-2-4-8-17/h2-14H,15-16H2,1H3,(H,24,26). The predicted molar refractivity (Wildman–Crippen MR) is 113 cm³/mol. The smallest absolute Gasteiger partial charge is 0.228 e. The quantitative estimate of drug-likeness (QED) is 0.440. The summed E-state index contributed by atoms with van der Waals surface area (Å²) in [5, 5.41) is 2.89. The van der Waals surface area contributed by atoms with Gasteiger partial charge < -0.3 is 10.1 Å². The third-order valence-corrected chi connectivity index (χ3v) is 5.13. The number of para-hydroxylation sites is 1. The summed E-state index contributed by atoms with van der Waals surface area (Å²) >= 11 is 1.45. The number of carbonyl (C=O) groups is 2. The Morgan fingerprint density at radius 3 is 2.29 bits per heavy atom. The van der Waals surface area contributed by atoms with Gasteiger partial charge in [-0.15, -0.1) is 11.8 Å². The topological polar surface area (TPSA) is 55.4 Å². The molecule has 0 heterocycles. The van der Waals surface area contributed by atoms with Crippen molar-refractivity contribution in [1.29, 1.82) is 0 Å². The number of ether oxygens (including phenoxy) is 1. The maximum atomic E-state index is 12.4. The van der Waals surface area contributed by atoms with Crippen molar-refractivity contribution in [1.82, 2.24) is 0 Å². The number of ketones is 1. The van der Waals surface area contributed by atoms with Crippen molar-refractivity contribution in [3.8, 4) is 5.75 Å². The van der Waals surface area contributed by atoms with Crippen LogP contribution in [0.2, 0.25) is 0 Å². The van der Waals surface area contributed by atoms with E-state index in [1.165, 1.54) is 11.8 Å². The Kier molecular flexibility index (Phi) is 6.87. The zero-order valence-electron chi connectivity index (χ0n) is 15.6. The highest BCUT2D eigenvalue weighted by Gasteiger charge is 2.12. The van der Waals surface area contributed by atoms with Gasteiger partial charge in [0.1, 0.15) is 5.75 Å². The molecule has 0 fully saturated rings. The van der Waals surface area contributed by atoms with Crippen LogP contribution in [0.1, 0.15) is 15.9 Å². The van der Waals surface area contributed by atoms with Crippen molar-refractivity contribution < 1.29 is 14.3 Å². The molecule has 142 valence electrons. The van der Waals surface area contributed by atoms with Crippen LogP contribution in [0.5, 0.6) is 5.75 Å². The third kappa shape index (κ3) is 5.47. The summed E-state index contributed by atoms with van der Waals surface area (Å²) in [5.74, 6) is 0.866. The molecule has 28 heavy (non-hydrogen) atoms. The summed E-state index contributed by atoms with van der Waals surface area (Å²) in [6, 6.07) is 24.3. The molecule has 3 rings (SSSR count). The average Bonchev–Trinajstić information content (AvgIpc) is 2.73. The first-order chi connectivity index (χ1) is 13.7. The van der Waals surface area contributed by atoms with Crippen LogP contribution >= 0.6 is 11.8 Å². The van der Waals surface area contributed by atoms with Crippen molar-refractivity contribution in [3.05, 3.63) is 90.0 Å². The van der Waals surface area contributed by atoms with Gasteiger partial charge >= 0.3 is 0 Å². The molecule has 0 saturated heterocycles. The number of rotatable bonds is 8. The summed E-state index contributed by atoms with van der Waals surface area (Å²) in [7, 11) is 1.56. The summed E-state index contributed by atoms with van der Waals surface area (Å²) in [6.07, 6.45) is 0.338. The van der Waals surface area contributed by atoms with Crippen LogP contribution in [-0.4, -0.2) is 24.6 Å². The molecule has 3 aromatic carbocycles. The van der Waals surface area contributed by atoms with Gasteiger partial charge in [-0.2, -0.15) is 0 Å². The molecule has 0 aliphatic carbocycles. The molecule has 0 saturated carbocycles. The van der Waals surface area contributed by atoms with Gasteiger partial charge in [0, 0.05) is 10.6 Å². The summed E-state index contributed by atoms with van der Waals surface area (Å²) in [4.78, 5) is 25.5. The second kappa shape index (κ2) is 9.76. The monoisotopic (exact) mass is 391 g/mol. The minimum atomic E-state index is -0.0575. The highest BCUT2D eigenvalue weighted by atomic mass is 32.2. The molecule has 1 N–H and O–H groups in total. The largest absolute Gasteiger partial charge is 0.496 e. The fourth-order valence-electron chi connectivity index (χ4n) is 2.72. The summed E-state index contributed by atoms with van der Waals surface area (Å²) in [5.41, 5.74) is 2.30. The lowest BCUT2D eigenvalue weighted by Crippen LogP contribution is -2.14. The van der Waals surface area contributed by atoms with E-state index < -0.39 is 0 Å². The highest BCUT2D eigenvalue weighted by molar-refractivity contribution is 8.00. The molecule has 0 atom stereocenters. The van der Waals surface area contributed by atoms with Gasteiger partial charge in [-0.1, -0.05) is 42.5 Å². The Labute approximate surface area is 168 Å². The van der Waals surface area contributed by atoms with Crippen molar-refractivity contribution in [2.75, 3.05) is 18.2 Å². The van der Waals surface area contributed by atoms with E-state index in [2.05, 4.69) is 5.32 Å². The lowest BCUT2D eigenvalue weighted by Gasteiger charge is -2.08. The van der Waals surface area contributed by atoms with Gasteiger partial charge in [-0.05, 0) is 42.0 Å². The molecular weight excluding hydrogens is 370 g/mol. The number of methoxy groups -OCH3 is 1. The minimum absolute atomic E-state index is 0.0164. The molecule has 0 unspecified atom stereocenters. The van der Waals surface area contributed by atoms with Crippen molar-refractivity contribution in [3.63, 3.8) is 0 Å². The fourth-order valence-corrected chi connectivity index (χ4v) is 3.50. The van der Waals surface area contributed by atoms with E-state index in [0.29, 0.717) is 23.5 Å². The predicted octanol–water partition coefficient (Wildman–Crippen LogP) is 4.85. The highest BCUT2D eigenvalue weighted by Crippen LogP contribution is 2.24. The SMILES string of the molecule is COc1ccccc1C(=O)CSc1ccc(NC(=O)Cc2ccccc2)cc1. The van der Waals surface area contributed by atoms with Gasteiger partial charge in [0.25, 0.3) is 0 Å². The Hall–Kier alpha value is -3.05. The van der Waals surface area contributed by atoms with E-state index in [0.717, 1.165) is 16.1 Å². The molecule has 5 heteroatoms. The van der Waals surface area contributed by atoms with Gasteiger partial charge in [-0.25, -0.2) is 0 Å². The van der Waals surface area contributed by atoms with Crippen LogP contribution in [0, 0.1) is 0 Å². The number of hydrogen-bond donors (Lipinski definition) is 1. The maximum absolute atomic E-state index is 12.4. The van der Waals surface area contributed by atoms with Crippen LogP contribution in [0.3, 0.4) is 0 Å². The Balaban J connectivity index is 1.53. The number of carbonyl (C=O) groups excluding carboxylic acids is 2. The first kappa shape index (κ1) is 19.7. The molecule has 0 aliphatic heterocycles. The third-order valence-electron chi connectivity index (χ3n) is 4.12. The number of anilines is 1. The molecule has 0 radical (unpaired) electrons. The van der Waals surface area contributed by atoms with E-state index in [-0.39, 0.29) is 11.7 Å². The Morgan fingerprint density at radius 1 is 0.893 bits per heavy atom. The van der Waals surface area contributed by atoms with E-state index >= 15 is 0 Å². The van der Waals surface area contributed by atoms with Crippen LogP contribution in [0.25, 0.3) is 0 Å². The lowest BCUT2D eigenvalue weighted by molar-refractivity contribution is -0.115. The molecule has 0 spiro atoms. The van der Waals surface area contributed by atoms with Crippen LogP contribution in [0.4, 0.5) is 5.69 Å². The first-order valence-electron chi connectivity index (χ1n) is 8.88. The van der Waals surface area contributed by atoms with Gasteiger partial charge in [-0.3, -0.25) is 9.59 Å². The second-order valence-electron chi connectivity index (χ2n) is 6.15. The Bertz CT molecular complexity index is 940.